The molecule has 9 heteroatoms. The van der Waals surface area contributed by atoms with Gasteiger partial charge in [0.2, 0.25) is 5.91 Å². The molecule has 0 saturated carbocycles. The Morgan fingerprint density at radius 2 is 0.549 bits per heavy atom. The van der Waals surface area contributed by atoms with Gasteiger partial charge in [0, 0.05) is 6.42 Å². The molecule has 0 aromatic carbocycles. The van der Waals surface area contributed by atoms with Crippen LogP contribution >= 0.6 is 0 Å². The maximum Gasteiger partial charge on any atom is 0.220 e. The molecule has 7 unspecified atom stereocenters. The third-order valence-electron chi connectivity index (χ3n) is 20.7. The minimum atomic E-state index is -1.55. The van der Waals surface area contributed by atoms with Crippen LogP contribution in [0.25, 0.3) is 0 Å². The van der Waals surface area contributed by atoms with Gasteiger partial charge in [-0.1, -0.05) is 444 Å². The number of aliphatic hydroxyl groups excluding tert-OH is 5. The van der Waals surface area contributed by atoms with E-state index in [4.69, 9.17) is 9.47 Å². The molecule has 0 aromatic rings. The lowest BCUT2D eigenvalue weighted by molar-refractivity contribution is -0.302. The van der Waals surface area contributed by atoms with Crippen molar-refractivity contribution < 1.29 is 39.8 Å². The molecule has 1 aliphatic heterocycles. The number of ether oxygens (including phenoxy) is 2. The molecule has 1 rings (SSSR count). The van der Waals surface area contributed by atoms with Gasteiger partial charge in [-0.15, -0.1) is 0 Å². The van der Waals surface area contributed by atoms with Crippen LogP contribution in [0.1, 0.15) is 463 Å². The minimum Gasteiger partial charge on any atom is -0.394 e. The lowest BCUT2D eigenvalue weighted by Crippen LogP contribution is -2.60. The van der Waals surface area contributed by atoms with Crippen LogP contribution in [0.4, 0.5) is 0 Å². The zero-order valence-corrected chi connectivity index (χ0v) is 61.4. The Hall–Kier alpha value is -0.810. The van der Waals surface area contributed by atoms with Crippen molar-refractivity contribution in [1.29, 1.82) is 0 Å². The molecule has 1 fully saturated rings. The van der Waals surface area contributed by atoms with E-state index >= 15 is 0 Å². The van der Waals surface area contributed by atoms with Crippen LogP contribution < -0.4 is 5.32 Å². The van der Waals surface area contributed by atoms with Gasteiger partial charge in [-0.2, -0.15) is 0 Å². The van der Waals surface area contributed by atoms with E-state index in [1.807, 2.05) is 0 Å². The van der Waals surface area contributed by atoms with Crippen LogP contribution in [0, 0.1) is 0 Å². The lowest BCUT2D eigenvalue weighted by atomic mass is 9.99. The molecule has 0 aromatic heterocycles. The third kappa shape index (κ3) is 60.1. The van der Waals surface area contributed by atoms with Gasteiger partial charge in [-0.05, 0) is 12.8 Å². The van der Waals surface area contributed by atoms with Gasteiger partial charge in [-0.3, -0.25) is 4.79 Å². The number of carbonyl (C=O) groups excluding carboxylic acids is 1. The number of unbranched alkanes of at least 4 members (excludes halogenated alkanes) is 66. The largest absolute Gasteiger partial charge is 0.394 e. The van der Waals surface area contributed by atoms with Crippen molar-refractivity contribution in [3.63, 3.8) is 0 Å². The molecule has 9 nitrogen and oxygen atoms in total. The molecular formula is C82H163NO8. The van der Waals surface area contributed by atoms with Gasteiger partial charge in [0.15, 0.2) is 6.29 Å². The third-order valence-corrected chi connectivity index (χ3v) is 20.7. The molecule has 1 amide bonds. The van der Waals surface area contributed by atoms with Gasteiger partial charge < -0.3 is 40.3 Å². The smallest absolute Gasteiger partial charge is 0.220 e. The highest BCUT2D eigenvalue weighted by atomic mass is 16.7. The van der Waals surface area contributed by atoms with E-state index in [2.05, 4.69) is 19.2 Å². The molecule has 544 valence electrons. The summed E-state index contributed by atoms with van der Waals surface area (Å²) in [5, 5.41) is 55.1. The first-order valence-corrected chi connectivity index (χ1v) is 41.7. The van der Waals surface area contributed by atoms with Gasteiger partial charge in [0.05, 0.1) is 25.4 Å². The van der Waals surface area contributed by atoms with Crippen molar-refractivity contribution >= 4 is 5.91 Å². The van der Waals surface area contributed by atoms with Crippen molar-refractivity contribution in [2.75, 3.05) is 13.2 Å². The number of hydrogen-bond acceptors (Lipinski definition) is 8. The normalized spacial score (nSPS) is 17.5. The number of nitrogens with one attached hydrogen (secondary N) is 1. The Kier molecular flexibility index (Phi) is 69.7. The quantitative estimate of drug-likeness (QED) is 0.0330. The van der Waals surface area contributed by atoms with Crippen molar-refractivity contribution in [1.82, 2.24) is 5.32 Å². The highest BCUT2D eigenvalue weighted by Gasteiger charge is 2.44. The standard InChI is InChI=1S/C82H163NO8/c1-3-5-7-9-11-13-15-17-19-21-23-25-27-29-31-33-35-36-37-38-39-40-42-44-46-48-50-52-54-56-58-60-62-64-66-68-70-72-78(86)83-75(74-90-82-81(89)80(88)79(87)77(73-84)91-82)76(85)71-69-67-65-63-61-59-57-55-53-51-49-47-45-43-41-34-32-30-28-26-24-22-20-18-16-14-12-10-8-6-4-2/h75-77,79-82,84-85,87-89H,3-74H2,1-2H3,(H,83,86). The summed E-state index contributed by atoms with van der Waals surface area (Å²) in [4.78, 5) is 13.2. The molecule has 0 radical (unpaired) electrons. The Labute approximate surface area is 567 Å². The molecule has 1 aliphatic rings. The summed E-state index contributed by atoms with van der Waals surface area (Å²) < 4.78 is 11.4. The van der Waals surface area contributed by atoms with Gasteiger partial charge >= 0.3 is 0 Å². The van der Waals surface area contributed by atoms with Gasteiger partial charge in [-0.25, -0.2) is 0 Å². The van der Waals surface area contributed by atoms with Gasteiger partial charge in [0.1, 0.15) is 24.4 Å². The molecule has 1 saturated heterocycles. The molecule has 7 atom stereocenters. The summed E-state index contributed by atoms with van der Waals surface area (Å²) in [6.07, 6.45) is 86.7. The van der Waals surface area contributed by atoms with Crippen LogP contribution in [-0.4, -0.2) is 87.5 Å². The second kappa shape index (κ2) is 71.9. The van der Waals surface area contributed by atoms with E-state index in [1.54, 1.807) is 0 Å². The maximum absolute atomic E-state index is 13.2. The number of carbonyl (C=O) groups is 1. The van der Waals surface area contributed by atoms with Crippen molar-refractivity contribution in [2.45, 2.75) is 506 Å². The topological polar surface area (TPSA) is 149 Å². The Bertz CT molecular complexity index is 1400. The summed E-state index contributed by atoms with van der Waals surface area (Å²) in [6, 6.07) is -0.716. The van der Waals surface area contributed by atoms with Gasteiger partial charge in [0.25, 0.3) is 0 Å². The van der Waals surface area contributed by atoms with Crippen LogP contribution in [-0.2, 0) is 14.3 Å². The fourth-order valence-corrected chi connectivity index (χ4v) is 14.2. The zero-order chi connectivity index (χ0) is 65.7. The van der Waals surface area contributed by atoms with E-state index in [-0.39, 0.29) is 12.5 Å². The summed E-state index contributed by atoms with van der Waals surface area (Å²) in [5.41, 5.74) is 0. The van der Waals surface area contributed by atoms with E-state index in [9.17, 15) is 30.3 Å². The van der Waals surface area contributed by atoms with Crippen molar-refractivity contribution in [2.24, 2.45) is 0 Å². The number of amides is 1. The van der Waals surface area contributed by atoms with E-state index in [0.29, 0.717) is 12.8 Å². The first kappa shape index (κ1) is 88.2. The molecule has 6 N–H and O–H groups in total. The fourth-order valence-electron chi connectivity index (χ4n) is 14.2. The first-order valence-electron chi connectivity index (χ1n) is 41.7. The van der Waals surface area contributed by atoms with Crippen LogP contribution in [0.2, 0.25) is 0 Å². The molecule has 0 bridgehead atoms. The number of aliphatic hydroxyl groups is 5. The second-order valence-corrected chi connectivity index (χ2v) is 29.6. The molecule has 1 heterocycles. The van der Waals surface area contributed by atoms with Crippen LogP contribution in [0.3, 0.4) is 0 Å². The Balaban J connectivity index is 2.02. The average molecular weight is 1290 g/mol. The Morgan fingerprint density at radius 3 is 0.780 bits per heavy atom. The highest BCUT2D eigenvalue weighted by Crippen LogP contribution is 2.25. The summed E-state index contributed by atoms with van der Waals surface area (Å²) >= 11 is 0. The number of hydrogen-bond donors (Lipinski definition) is 6. The molecule has 0 spiro atoms. The summed E-state index contributed by atoms with van der Waals surface area (Å²) in [5.74, 6) is -0.131. The summed E-state index contributed by atoms with van der Waals surface area (Å²) in [6.45, 7) is 3.93. The predicted molar refractivity (Wildman–Crippen MR) is 392 cm³/mol. The SMILES string of the molecule is CCCCCCCCCCCCCCCCCCCCCCCCCCCCCCCCCCCCCCCC(=O)NC(COC1OC(CO)C(O)C(O)C1O)C(O)CCCCCCCCCCCCCCCCCCCCCCCCCCCCCCCCC. The fraction of sp³-hybridized carbons (Fsp3) is 0.988. The molecule has 0 aliphatic carbocycles. The maximum atomic E-state index is 13.2. The Morgan fingerprint density at radius 1 is 0.330 bits per heavy atom. The second-order valence-electron chi connectivity index (χ2n) is 29.6. The van der Waals surface area contributed by atoms with E-state index < -0.39 is 49.5 Å². The molecular weight excluding hydrogens is 1130 g/mol. The summed E-state index contributed by atoms with van der Waals surface area (Å²) in [7, 11) is 0. The monoisotopic (exact) mass is 1290 g/mol. The van der Waals surface area contributed by atoms with Crippen LogP contribution in [0.5, 0.6) is 0 Å². The van der Waals surface area contributed by atoms with Crippen LogP contribution in [0.15, 0.2) is 0 Å². The first-order chi connectivity index (χ1) is 44.8. The predicted octanol–water partition coefficient (Wildman–Crippen LogP) is 24.0. The molecule has 91 heavy (non-hydrogen) atoms. The van der Waals surface area contributed by atoms with Crippen molar-refractivity contribution in [3.8, 4) is 0 Å². The zero-order valence-electron chi connectivity index (χ0n) is 61.4. The van der Waals surface area contributed by atoms with E-state index in [1.165, 1.54) is 398 Å². The highest BCUT2D eigenvalue weighted by molar-refractivity contribution is 5.76. The lowest BCUT2D eigenvalue weighted by Gasteiger charge is -2.40. The van der Waals surface area contributed by atoms with E-state index in [0.717, 1.165) is 38.5 Å². The number of rotatable bonds is 76. The average Bonchev–Trinajstić information content (AvgIpc) is 1.70. The van der Waals surface area contributed by atoms with Crippen molar-refractivity contribution in [3.05, 3.63) is 0 Å². The minimum absolute atomic E-state index is 0.130.